The van der Waals surface area contributed by atoms with E-state index in [0.717, 1.165) is 22.7 Å². The standard InChI is InChI=1S/C42H30N2/c43-32-25-21-30(22-26-32)41-36-16-6-8-18-38(36)42(39-19-9-7-17-37(39)41)31-23-27-34(28-24-31)44(33-13-2-1-3-14-33)40-20-10-12-29-11-4-5-15-35(29)40/h1-28H,43H2. The van der Waals surface area contributed by atoms with Gasteiger partial charge in [-0.1, -0.05) is 127 Å². The molecule has 8 aromatic carbocycles. The number of para-hydroxylation sites is 1. The molecular formula is C42H30N2. The van der Waals surface area contributed by atoms with E-state index in [2.05, 4.69) is 163 Å². The van der Waals surface area contributed by atoms with Crippen LogP contribution in [0.3, 0.4) is 0 Å². The number of nitrogens with two attached hydrogens (primary N) is 1. The van der Waals surface area contributed by atoms with E-state index >= 15 is 0 Å². The Morgan fingerprint density at radius 3 is 1.34 bits per heavy atom. The third-order valence-corrected chi connectivity index (χ3v) is 8.57. The first-order valence-electron chi connectivity index (χ1n) is 15.0. The van der Waals surface area contributed by atoms with Gasteiger partial charge in [-0.05, 0) is 91.6 Å². The third kappa shape index (κ3) is 4.36. The van der Waals surface area contributed by atoms with E-state index in [4.69, 9.17) is 5.73 Å². The van der Waals surface area contributed by atoms with Crippen LogP contribution in [-0.4, -0.2) is 0 Å². The highest BCUT2D eigenvalue weighted by molar-refractivity contribution is 6.21. The molecule has 0 amide bonds. The SMILES string of the molecule is Nc1ccc(-c2c3ccccc3c(-c3ccc(N(c4ccccc4)c4cccc5ccccc45)cc3)c3ccccc23)cc1. The van der Waals surface area contributed by atoms with E-state index in [9.17, 15) is 0 Å². The van der Waals surface area contributed by atoms with Crippen LogP contribution in [0.1, 0.15) is 0 Å². The number of benzene rings is 8. The zero-order chi connectivity index (χ0) is 29.5. The maximum absolute atomic E-state index is 6.06. The number of rotatable bonds is 5. The van der Waals surface area contributed by atoms with Gasteiger partial charge in [0.1, 0.15) is 0 Å². The topological polar surface area (TPSA) is 29.3 Å². The van der Waals surface area contributed by atoms with Crippen LogP contribution < -0.4 is 10.6 Å². The van der Waals surface area contributed by atoms with Crippen molar-refractivity contribution < 1.29 is 0 Å². The molecule has 0 fully saturated rings. The van der Waals surface area contributed by atoms with E-state index in [-0.39, 0.29) is 0 Å². The lowest BCUT2D eigenvalue weighted by molar-refractivity contribution is 1.30. The average molecular weight is 563 g/mol. The normalized spacial score (nSPS) is 11.3. The average Bonchev–Trinajstić information content (AvgIpc) is 3.09. The van der Waals surface area contributed by atoms with Gasteiger partial charge >= 0.3 is 0 Å². The summed E-state index contributed by atoms with van der Waals surface area (Å²) in [6.45, 7) is 0. The van der Waals surface area contributed by atoms with Crippen molar-refractivity contribution in [3.63, 3.8) is 0 Å². The fourth-order valence-corrected chi connectivity index (χ4v) is 6.58. The van der Waals surface area contributed by atoms with Crippen LogP contribution in [0.4, 0.5) is 22.7 Å². The second-order valence-corrected chi connectivity index (χ2v) is 11.2. The molecule has 0 aromatic heterocycles. The smallest absolute Gasteiger partial charge is 0.0540 e. The third-order valence-electron chi connectivity index (χ3n) is 8.57. The summed E-state index contributed by atoms with van der Waals surface area (Å²) in [5.41, 5.74) is 15.1. The highest BCUT2D eigenvalue weighted by Gasteiger charge is 2.18. The Kier molecular flexibility index (Phi) is 6.31. The van der Waals surface area contributed by atoms with Crippen LogP contribution in [-0.2, 0) is 0 Å². The minimum absolute atomic E-state index is 0.770. The van der Waals surface area contributed by atoms with Gasteiger partial charge in [-0.3, -0.25) is 0 Å². The summed E-state index contributed by atoms with van der Waals surface area (Å²) in [5, 5.41) is 7.38. The zero-order valence-corrected chi connectivity index (χ0v) is 24.2. The Balaban J connectivity index is 1.33. The zero-order valence-electron chi connectivity index (χ0n) is 24.2. The van der Waals surface area contributed by atoms with E-state index in [1.165, 1.54) is 54.6 Å². The van der Waals surface area contributed by atoms with Gasteiger partial charge in [-0.15, -0.1) is 0 Å². The fourth-order valence-electron chi connectivity index (χ4n) is 6.58. The van der Waals surface area contributed by atoms with Crippen molar-refractivity contribution in [3.05, 3.63) is 170 Å². The molecule has 8 rings (SSSR count). The minimum Gasteiger partial charge on any atom is -0.399 e. The molecule has 0 heterocycles. The summed E-state index contributed by atoms with van der Waals surface area (Å²) < 4.78 is 0. The first-order valence-corrected chi connectivity index (χ1v) is 15.0. The van der Waals surface area contributed by atoms with Gasteiger partial charge in [0.2, 0.25) is 0 Å². The molecule has 2 N–H and O–H groups in total. The molecule has 2 heteroatoms. The molecule has 0 unspecified atom stereocenters. The van der Waals surface area contributed by atoms with Crippen molar-refractivity contribution in [1.82, 2.24) is 0 Å². The van der Waals surface area contributed by atoms with Gasteiger partial charge in [0.15, 0.2) is 0 Å². The number of hydrogen-bond acceptors (Lipinski definition) is 2. The van der Waals surface area contributed by atoms with Crippen LogP contribution >= 0.6 is 0 Å². The van der Waals surface area contributed by atoms with Gasteiger partial charge in [0.05, 0.1) is 5.69 Å². The number of fused-ring (bicyclic) bond motifs is 3. The number of anilines is 4. The fraction of sp³-hybridized carbons (Fsp3) is 0. The van der Waals surface area contributed by atoms with Gasteiger partial charge in [-0.2, -0.15) is 0 Å². The van der Waals surface area contributed by atoms with Gasteiger partial charge < -0.3 is 10.6 Å². The van der Waals surface area contributed by atoms with E-state index in [1.807, 2.05) is 12.1 Å². The summed E-state index contributed by atoms with van der Waals surface area (Å²) in [4.78, 5) is 2.35. The molecule has 0 spiro atoms. The molecule has 0 saturated carbocycles. The second kappa shape index (κ2) is 10.8. The predicted octanol–water partition coefficient (Wildman–Crippen LogP) is 11.5. The second-order valence-electron chi connectivity index (χ2n) is 11.2. The highest BCUT2D eigenvalue weighted by atomic mass is 15.1. The molecule has 8 aromatic rings. The largest absolute Gasteiger partial charge is 0.399 e. The highest BCUT2D eigenvalue weighted by Crippen LogP contribution is 2.45. The number of hydrogen-bond donors (Lipinski definition) is 1. The quantitative estimate of drug-likeness (QED) is 0.167. The maximum atomic E-state index is 6.06. The number of nitrogen functional groups attached to an aromatic ring is 1. The van der Waals surface area contributed by atoms with Crippen LogP contribution in [0.25, 0.3) is 54.6 Å². The molecule has 208 valence electrons. The lowest BCUT2D eigenvalue weighted by Gasteiger charge is -2.27. The Morgan fingerprint density at radius 1 is 0.341 bits per heavy atom. The lowest BCUT2D eigenvalue weighted by Crippen LogP contribution is -2.10. The Bertz CT molecular complexity index is 2210. The summed E-state index contributed by atoms with van der Waals surface area (Å²) in [5.74, 6) is 0. The van der Waals surface area contributed by atoms with Crippen molar-refractivity contribution in [1.29, 1.82) is 0 Å². The van der Waals surface area contributed by atoms with Crippen molar-refractivity contribution in [3.8, 4) is 22.3 Å². The van der Waals surface area contributed by atoms with Gasteiger partial charge in [0.25, 0.3) is 0 Å². The Morgan fingerprint density at radius 2 is 0.773 bits per heavy atom. The minimum atomic E-state index is 0.770. The van der Waals surface area contributed by atoms with E-state index in [0.29, 0.717) is 0 Å². The Hall–Kier alpha value is -5.86. The summed E-state index contributed by atoms with van der Waals surface area (Å²) in [6, 6.07) is 60.5. The van der Waals surface area contributed by atoms with Crippen LogP contribution in [0.15, 0.2) is 170 Å². The van der Waals surface area contributed by atoms with E-state index < -0.39 is 0 Å². The van der Waals surface area contributed by atoms with Crippen molar-refractivity contribution in [2.24, 2.45) is 0 Å². The van der Waals surface area contributed by atoms with Crippen LogP contribution in [0.5, 0.6) is 0 Å². The molecule has 0 radical (unpaired) electrons. The summed E-state index contributed by atoms with van der Waals surface area (Å²) in [6.07, 6.45) is 0. The molecule has 2 nitrogen and oxygen atoms in total. The number of nitrogens with zero attached hydrogens (tertiary/aromatic N) is 1. The summed E-state index contributed by atoms with van der Waals surface area (Å²) >= 11 is 0. The molecule has 0 aliphatic carbocycles. The first kappa shape index (κ1) is 25.8. The van der Waals surface area contributed by atoms with E-state index in [1.54, 1.807) is 0 Å². The lowest BCUT2D eigenvalue weighted by atomic mass is 9.86. The Labute approximate surface area is 257 Å². The monoisotopic (exact) mass is 562 g/mol. The van der Waals surface area contributed by atoms with Crippen molar-refractivity contribution in [2.75, 3.05) is 10.6 Å². The van der Waals surface area contributed by atoms with Gasteiger partial charge in [0, 0.05) is 22.4 Å². The molecule has 0 bridgehead atoms. The summed E-state index contributed by atoms with van der Waals surface area (Å²) in [7, 11) is 0. The van der Waals surface area contributed by atoms with Crippen molar-refractivity contribution >= 4 is 55.1 Å². The van der Waals surface area contributed by atoms with Gasteiger partial charge in [-0.25, -0.2) is 0 Å². The molecular weight excluding hydrogens is 532 g/mol. The van der Waals surface area contributed by atoms with Crippen LogP contribution in [0, 0.1) is 0 Å². The molecule has 0 atom stereocenters. The van der Waals surface area contributed by atoms with Crippen LogP contribution in [0.2, 0.25) is 0 Å². The first-order chi connectivity index (χ1) is 21.8. The molecule has 44 heavy (non-hydrogen) atoms. The van der Waals surface area contributed by atoms with Crippen molar-refractivity contribution in [2.45, 2.75) is 0 Å². The predicted molar refractivity (Wildman–Crippen MR) is 189 cm³/mol. The molecule has 0 aliphatic heterocycles. The molecule has 0 saturated heterocycles. The molecule has 0 aliphatic rings. The maximum Gasteiger partial charge on any atom is 0.0540 e.